The Labute approximate surface area is 161 Å². The Kier molecular flexibility index (Phi) is 5.58. The van der Waals surface area contributed by atoms with Crippen LogP contribution in [0.2, 0.25) is 0 Å². The fourth-order valence-electron chi connectivity index (χ4n) is 4.45. The van der Waals surface area contributed by atoms with Gasteiger partial charge in [0.1, 0.15) is 0 Å². The summed E-state index contributed by atoms with van der Waals surface area (Å²) >= 11 is 0. The van der Waals surface area contributed by atoms with Gasteiger partial charge < -0.3 is 10.2 Å². The number of nitrogens with one attached hydrogen (secondary N) is 1. The predicted octanol–water partition coefficient (Wildman–Crippen LogP) is 3.29. The number of aromatic nitrogens is 1. The number of carbonyl (C=O) groups excluding carboxylic acids is 1. The van der Waals surface area contributed by atoms with E-state index in [1.165, 1.54) is 23.8 Å². The largest absolute Gasteiger partial charge is 0.383 e. The van der Waals surface area contributed by atoms with Crippen LogP contribution in [0.1, 0.15) is 31.2 Å². The number of benzene rings is 1. The quantitative estimate of drug-likeness (QED) is 0.882. The minimum absolute atomic E-state index is 0.307. The number of carbonyl (C=O) groups is 1. The number of fused-ring (bicyclic) bond motifs is 1. The molecule has 144 valence electrons. The Balaban J connectivity index is 1.26. The van der Waals surface area contributed by atoms with Crippen molar-refractivity contribution in [1.82, 2.24) is 14.8 Å². The number of piperazine rings is 1. The molecule has 0 bridgehead atoms. The number of hydrogen-bond donors (Lipinski definition) is 1. The second kappa shape index (κ2) is 8.26. The minimum Gasteiger partial charge on any atom is -0.383 e. The van der Waals surface area contributed by atoms with Gasteiger partial charge in [0.25, 0.3) is 0 Å². The van der Waals surface area contributed by atoms with Gasteiger partial charge in [0.05, 0.1) is 5.52 Å². The first kappa shape index (κ1) is 18.2. The Bertz CT molecular complexity index is 792. The zero-order chi connectivity index (χ0) is 18.6. The molecule has 2 heterocycles. The van der Waals surface area contributed by atoms with Gasteiger partial charge in [-0.15, -0.1) is 0 Å². The molecule has 1 saturated carbocycles. The molecule has 0 radical (unpaired) electrons. The number of rotatable bonds is 5. The number of amides is 1. The first-order chi connectivity index (χ1) is 13.2. The molecule has 0 spiro atoms. The molecule has 4 rings (SSSR count). The molecular weight excluding hydrogens is 336 g/mol. The summed E-state index contributed by atoms with van der Waals surface area (Å²) in [5.74, 6) is 0.713. The molecule has 0 atom stereocenters. The molecule has 1 aromatic carbocycles. The van der Waals surface area contributed by atoms with Crippen molar-refractivity contribution in [3.63, 3.8) is 0 Å². The van der Waals surface area contributed by atoms with E-state index >= 15 is 0 Å². The maximum Gasteiger partial charge on any atom is 0.225 e. The molecule has 2 aliphatic rings. The summed E-state index contributed by atoms with van der Waals surface area (Å²) in [5, 5.41) is 4.76. The lowest BCUT2D eigenvalue weighted by molar-refractivity contribution is -0.137. The highest BCUT2D eigenvalue weighted by atomic mass is 16.2. The smallest absolute Gasteiger partial charge is 0.225 e. The molecule has 1 aliphatic carbocycles. The topological polar surface area (TPSA) is 48.5 Å². The van der Waals surface area contributed by atoms with Crippen molar-refractivity contribution in [2.45, 2.75) is 32.6 Å². The molecule has 2 aromatic rings. The van der Waals surface area contributed by atoms with Gasteiger partial charge in [-0.25, -0.2) is 0 Å². The maximum absolute atomic E-state index is 12.5. The van der Waals surface area contributed by atoms with Crippen LogP contribution < -0.4 is 5.32 Å². The van der Waals surface area contributed by atoms with Gasteiger partial charge in [-0.2, -0.15) is 0 Å². The van der Waals surface area contributed by atoms with E-state index in [0.29, 0.717) is 11.8 Å². The summed E-state index contributed by atoms with van der Waals surface area (Å²) in [6.45, 7) is 7.74. The Morgan fingerprint density at radius 3 is 2.70 bits per heavy atom. The summed E-state index contributed by atoms with van der Waals surface area (Å²) in [6.07, 6.45) is 6.53. The Hall–Kier alpha value is -2.14. The monoisotopic (exact) mass is 366 g/mol. The number of nitrogens with zero attached hydrogens (tertiary/aromatic N) is 3. The van der Waals surface area contributed by atoms with Crippen molar-refractivity contribution in [3.8, 4) is 0 Å². The molecule has 2 fully saturated rings. The number of para-hydroxylation sites is 1. The SMILES string of the molecule is Cc1cccc2c(NCCN3CCN(C(=O)C4CCCC4)CC3)ccnc12. The minimum atomic E-state index is 0.307. The molecule has 5 nitrogen and oxygen atoms in total. The zero-order valence-electron chi connectivity index (χ0n) is 16.3. The third-order valence-electron chi connectivity index (χ3n) is 6.10. The van der Waals surface area contributed by atoms with Crippen LogP contribution in [-0.4, -0.2) is 60.0 Å². The number of anilines is 1. The van der Waals surface area contributed by atoms with Gasteiger partial charge in [-0.3, -0.25) is 14.7 Å². The van der Waals surface area contributed by atoms with Crippen molar-refractivity contribution in [3.05, 3.63) is 36.0 Å². The number of hydrogen-bond acceptors (Lipinski definition) is 4. The maximum atomic E-state index is 12.5. The van der Waals surface area contributed by atoms with Crippen LogP contribution in [0.25, 0.3) is 10.9 Å². The first-order valence-corrected chi connectivity index (χ1v) is 10.3. The second-order valence-electron chi connectivity index (χ2n) is 7.90. The van der Waals surface area contributed by atoms with Crippen LogP contribution in [0.3, 0.4) is 0 Å². The van der Waals surface area contributed by atoms with Crippen LogP contribution in [-0.2, 0) is 4.79 Å². The summed E-state index contributed by atoms with van der Waals surface area (Å²) < 4.78 is 0. The predicted molar refractivity (Wildman–Crippen MR) is 110 cm³/mol. The van der Waals surface area contributed by atoms with E-state index in [0.717, 1.165) is 63.3 Å². The lowest BCUT2D eigenvalue weighted by Gasteiger charge is -2.36. The first-order valence-electron chi connectivity index (χ1n) is 10.3. The summed E-state index contributed by atoms with van der Waals surface area (Å²) in [6, 6.07) is 8.38. The highest BCUT2D eigenvalue weighted by Gasteiger charge is 2.29. The van der Waals surface area contributed by atoms with E-state index in [2.05, 4.69) is 51.3 Å². The highest BCUT2D eigenvalue weighted by Crippen LogP contribution is 2.27. The molecular formula is C22H30N4O. The number of pyridine rings is 1. The fourth-order valence-corrected chi connectivity index (χ4v) is 4.45. The van der Waals surface area contributed by atoms with Crippen LogP contribution in [0.5, 0.6) is 0 Å². The van der Waals surface area contributed by atoms with Crippen LogP contribution in [0.15, 0.2) is 30.5 Å². The van der Waals surface area contributed by atoms with Gasteiger partial charge in [-0.1, -0.05) is 31.0 Å². The standard InChI is InChI=1S/C22H30N4O/c1-17-5-4-8-19-20(9-10-24-21(17)19)23-11-12-25-13-15-26(16-14-25)22(27)18-6-2-3-7-18/h4-5,8-10,18H,2-3,6-7,11-16H2,1H3,(H,23,24). The van der Waals surface area contributed by atoms with Gasteiger partial charge in [0.2, 0.25) is 5.91 Å². The molecule has 1 N–H and O–H groups in total. The van der Waals surface area contributed by atoms with E-state index in [1.807, 2.05) is 6.20 Å². The average molecular weight is 367 g/mol. The molecule has 27 heavy (non-hydrogen) atoms. The van der Waals surface area contributed by atoms with Crippen molar-refractivity contribution in [2.24, 2.45) is 5.92 Å². The zero-order valence-corrected chi connectivity index (χ0v) is 16.3. The van der Waals surface area contributed by atoms with Crippen molar-refractivity contribution >= 4 is 22.5 Å². The van der Waals surface area contributed by atoms with Crippen molar-refractivity contribution in [1.29, 1.82) is 0 Å². The average Bonchev–Trinajstić information content (AvgIpc) is 3.23. The third-order valence-corrected chi connectivity index (χ3v) is 6.10. The van der Waals surface area contributed by atoms with Gasteiger partial charge >= 0.3 is 0 Å². The van der Waals surface area contributed by atoms with Crippen molar-refractivity contribution < 1.29 is 4.79 Å². The van der Waals surface area contributed by atoms with Crippen LogP contribution >= 0.6 is 0 Å². The number of aryl methyl sites for hydroxylation is 1. The molecule has 1 saturated heterocycles. The summed E-state index contributed by atoms with van der Waals surface area (Å²) in [5.41, 5.74) is 3.43. The van der Waals surface area contributed by atoms with E-state index < -0.39 is 0 Å². The normalized spacial score (nSPS) is 18.9. The Morgan fingerprint density at radius 1 is 1.15 bits per heavy atom. The lowest BCUT2D eigenvalue weighted by atomic mass is 10.1. The van der Waals surface area contributed by atoms with E-state index in [4.69, 9.17) is 0 Å². The van der Waals surface area contributed by atoms with Crippen LogP contribution in [0, 0.1) is 12.8 Å². The van der Waals surface area contributed by atoms with Crippen LogP contribution in [0.4, 0.5) is 5.69 Å². The van der Waals surface area contributed by atoms with Gasteiger partial charge in [0, 0.05) is 62.5 Å². The molecule has 1 aliphatic heterocycles. The lowest BCUT2D eigenvalue weighted by Crippen LogP contribution is -2.50. The van der Waals surface area contributed by atoms with Gasteiger partial charge in [-0.05, 0) is 31.4 Å². The van der Waals surface area contributed by atoms with Gasteiger partial charge in [0.15, 0.2) is 0 Å². The molecule has 1 aromatic heterocycles. The van der Waals surface area contributed by atoms with E-state index in [9.17, 15) is 4.79 Å². The van der Waals surface area contributed by atoms with E-state index in [-0.39, 0.29) is 0 Å². The van der Waals surface area contributed by atoms with Crippen molar-refractivity contribution in [2.75, 3.05) is 44.6 Å². The van der Waals surface area contributed by atoms with E-state index in [1.54, 1.807) is 0 Å². The molecule has 5 heteroatoms. The third kappa shape index (κ3) is 4.08. The summed E-state index contributed by atoms with van der Waals surface area (Å²) in [7, 11) is 0. The Morgan fingerprint density at radius 2 is 1.93 bits per heavy atom. The second-order valence-corrected chi connectivity index (χ2v) is 7.90. The summed E-state index contributed by atoms with van der Waals surface area (Å²) in [4.78, 5) is 21.6. The molecule has 1 amide bonds. The highest BCUT2D eigenvalue weighted by molar-refractivity contribution is 5.92. The molecule has 0 unspecified atom stereocenters. The fraction of sp³-hybridized carbons (Fsp3) is 0.545.